The number of carbonyl (C=O) groups excluding carboxylic acids is 3. The first-order valence-electron chi connectivity index (χ1n) is 19.8. The van der Waals surface area contributed by atoms with Crippen LogP contribution in [0.25, 0.3) is 33.9 Å². The third kappa shape index (κ3) is 8.26. The van der Waals surface area contributed by atoms with E-state index in [4.69, 9.17) is 4.74 Å². The number of aromatic nitrogens is 6. The molecule has 16 nitrogen and oxygen atoms in total. The van der Waals surface area contributed by atoms with Crippen molar-refractivity contribution >= 4 is 24.0 Å². The van der Waals surface area contributed by atoms with Gasteiger partial charge in [-0.25, -0.2) is 33.9 Å². The molecular weight excluding hydrogens is 784 g/mol. The largest absolute Gasteiger partial charge is 0.465 e. The number of hydrogen-bond donors (Lipinski definition) is 4. The zero-order valence-electron chi connectivity index (χ0n) is 33.4. The third-order valence-electron chi connectivity index (χ3n) is 11.2. The van der Waals surface area contributed by atoms with Crippen molar-refractivity contribution in [1.82, 2.24) is 49.9 Å². The van der Waals surface area contributed by atoms with E-state index >= 15 is 4.39 Å². The molecule has 5 heterocycles. The molecule has 0 spiro atoms. The number of benzene rings is 3. The Morgan fingerprint density at radius 3 is 1.93 bits per heavy atom. The molecule has 0 saturated carbocycles. The van der Waals surface area contributed by atoms with Gasteiger partial charge in [-0.2, -0.15) is 0 Å². The van der Waals surface area contributed by atoms with Crippen molar-refractivity contribution in [3.63, 3.8) is 0 Å². The van der Waals surface area contributed by atoms with E-state index in [9.17, 15) is 24.3 Å². The molecule has 2 aliphatic heterocycles. The number of likely N-dealkylation sites (N-methyl/N-ethyl adjacent to an activating group) is 1. The molecule has 4 amide bonds. The van der Waals surface area contributed by atoms with E-state index < -0.39 is 36.1 Å². The summed E-state index contributed by atoms with van der Waals surface area (Å²) in [6.45, 7) is 0.914. The van der Waals surface area contributed by atoms with Gasteiger partial charge in [-0.05, 0) is 48.9 Å². The molecule has 3 aromatic carbocycles. The van der Waals surface area contributed by atoms with Crippen molar-refractivity contribution in [2.45, 2.75) is 49.9 Å². The number of imidazole rings is 2. The number of nitrogens with one attached hydrogen (secondary N) is 3. The lowest BCUT2D eigenvalue weighted by Crippen LogP contribution is -2.43. The number of carbonyl (C=O) groups is 4. The number of alkyl carbamates (subject to hydrolysis) is 1. The van der Waals surface area contributed by atoms with Crippen LogP contribution in [0.4, 0.5) is 14.0 Å². The van der Waals surface area contributed by atoms with E-state index in [2.05, 4.69) is 35.2 Å². The highest BCUT2D eigenvalue weighted by molar-refractivity contribution is 5.88. The van der Waals surface area contributed by atoms with Crippen LogP contribution in [0, 0.1) is 5.82 Å². The van der Waals surface area contributed by atoms with Crippen LogP contribution in [-0.2, 0) is 14.3 Å². The molecule has 0 radical (unpaired) electrons. The van der Waals surface area contributed by atoms with E-state index in [0.717, 1.165) is 17.7 Å². The molecule has 8 rings (SSSR count). The Kier molecular flexibility index (Phi) is 11.5. The topological polar surface area (TPSA) is 203 Å². The Morgan fingerprint density at radius 1 is 0.770 bits per heavy atom. The molecule has 6 aromatic rings. The number of amides is 4. The minimum Gasteiger partial charge on any atom is -0.465 e. The number of methoxy groups -OCH3 is 1. The van der Waals surface area contributed by atoms with Gasteiger partial charge >= 0.3 is 12.2 Å². The fourth-order valence-electron chi connectivity index (χ4n) is 8.12. The second kappa shape index (κ2) is 17.4. The average Bonchev–Trinajstić information content (AvgIpc) is 4.13. The van der Waals surface area contributed by atoms with Crippen molar-refractivity contribution in [2.24, 2.45) is 0 Å². The number of aromatic amines is 2. The molecule has 0 bridgehead atoms. The zero-order chi connectivity index (χ0) is 42.6. The number of ether oxygens (including phenoxy) is 1. The summed E-state index contributed by atoms with van der Waals surface area (Å²) in [4.78, 5) is 81.1. The molecule has 0 aliphatic carbocycles. The van der Waals surface area contributed by atoms with Gasteiger partial charge in [-0.15, -0.1) is 0 Å². The van der Waals surface area contributed by atoms with E-state index in [1.807, 2.05) is 12.1 Å². The summed E-state index contributed by atoms with van der Waals surface area (Å²) in [6, 6.07) is 19.7. The number of H-pyrrole nitrogens is 2. The monoisotopic (exact) mass is 826 g/mol. The minimum atomic E-state index is -1.21. The van der Waals surface area contributed by atoms with Gasteiger partial charge in [0.25, 0.3) is 11.8 Å². The zero-order valence-corrected chi connectivity index (χ0v) is 33.4. The Bertz CT molecular complexity index is 2530. The van der Waals surface area contributed by atoms with Gasteiger partial charge in [-0.3, -0.25) is 14.5 Å². The number of hydrogen-bond acceptors (Lipinski definition) is 9. The quantitative estimate of drug-likeness (QED) is 0.107. The molecule has 2 fully saturated rings. The highest BCUT2D eigenvalue weighted by atomic mass is 19.1. The highest BCUT2D eigenvalue weighted by Gasteiger charge is 2.40. The summed E-state index contributed by atoms with van der Waals surface area (Å²) in [5.74, 6) is 0.211. The molecule has 2 saturated heterocycles. The van der Waals surface area contributed by atoms with Crippen LogP contribution >= 0.6 is 0 Å². The van der Waals surface area contributed by atoms with E-state index in [-0.39, 0.29) is 23.4 Å². The molecule has 312 valence electrons. The first-order chi connectivity index (χ1) is 29.6. The molecule has 4 atom stereocenters. The van der Waals surface area contributed by atoms with Gasteiger partial charge in [0, 0.05) is 49.2 Å². The Morgan fingerprint density at radius 2 is 1.34 bits per heavy atom. The van der Waals surface area contributed by atoms with Gasteiger partial charge in [0.1, 0.15) is 29.5 Å². The number of halogens is 1. The maximum absolute atomic E-state index is 15.8. The second-order valence-corrected chi connectivity index (χ2v) is 14.9. The minimum absolute atomic E-state index is 0.277. The number of rotatable bonds is 11. The predicted molar refractivity (Wildman–Crippen MR) is 220 cm³/mol. The molecule has 2 aliphatic rings. The van der Waals surface area contributed by atoms with Crippen molar-refractivity contribution < 1.29 is 33.4 Å². The van der Waals surface area contributed by atoms with E-state index in [1.165, 1.54) is 26.4 Å². The van der Waals surface area contributed by atoms with Crippen LogP contribution in [0.3, 0.4) is 0 Å². The van der Waals surface area contributed by atoms with E-state index in [0.29, 0.717) is 77.0 Å². The lowest BCUT2D eigenvalue weighted by molar-refractivity contribution is -0.137. The van der Waals surface area contributed by atoms with Gasteiger partial charge in [0.2, 0.25) is 0 Å². The molecule has 4 N–H and O–H groups in total. The molecule has 17 heteroatoms. The lowest BCUT2D eigenvalue weighted by atomic mass is 10.0. The SMILES string of the molecule is COC(=O)N[C@H](C(=O)N1CCCC1c1ncc(-c2ccc(-c3ncc(-c4cnc([C@@H]5CCCN5C(=O)[C@@H](c5ccccc5)N(C)C(=O)O)[nH]4)cn3)cc2F)[nH]1)c1ccccc1. The van der Waals surface area contributed by atoms with Crippen LogP contribution in [0.1, 0.15) is 72.6 Å². The first-order valence-corrected chi connectivity index (χ1v) is 19.8. The summed E-state index contributed by atoms with van der Waals surface area (Å²) < 4.78 is 20.6. The predicted octanol–water partition coefficient (Wildman–Crippen LogP) is 6.84. The lowest BCUT2D eigenvalue weighted by Gasteiger charge is -2.32. The molecule has 61 heavy (non-hydrogen) atoms. The molecular formula is C44H43FN10O6. The van der Waals surface area contributed by atoms with Crippen LogP contribution in [-0.4, -0.2) is 101 Å². The Labute approximate surface area is 349 Å². The van der Waals surface area contributed by atoms with Gasteiger partial charge in [0.05, 0.1) is 43.0 Å². The van der Waals surface area contributed by atoms with Crippen molar-refractivity contribution in [2.75, 3.05) is 27.2 Å². The van der Waals surface area contributed by atoms with Crippen LogP contribution in [0.5, 0.6) is 0 Å². The maximum atomic E-state index is 15.8. The Hall–Kier alpha value is -7.43. The van der Waals surface area contributed by atoms with Gasteiger partial charge in [0.15, 0.2) is 5.82 Å². The summed E-state index contributed by atoms with van der Waals surface area (Å²) in [5.41, 5.74) is 3.61. The van der Waals surface area contributed by atoms with Crippen molar-refractivity contribution in [3.05, 3.63) is 132 Å². The van der Waals surface area contributed by atoms with Gasteiger partial charge < -0.3 is 34.9 Å². The summed E-state index contributed by atoms with van der Waals surface area (Å²) in [5, 5.41) is 12.4. The number of likely N-dealkylation sites (tertiary alicyclic amines) is 2. The van der Waals surface area contributed by atoms with Crippen LogP contribution in [0.2, 0.25) is 0 Å². The summed E-state index contributed by atoms with van der Waals surface area (Å²) in [6.07, 6.45) is 7.19. The third-order valence-corrected chi connectivity index (χ3v) is 11.2. The average molecular weight is 827 g/mol. The van der Waals surface area contributed by atoms with Gasteiger partial charge in [-0.1, -0.05) is 66.7 Å². The fourth-order valence-corrected chi connectivity index (χ4v) is 8.12. The summed E-state index contributed by atoms with van der Waals surface area (Å²) in [7, 11) is 2.63. The smallest absolute Gasteiger partial charge is 0.407 e. The molecule has 3 aromatic heterocycles. The molecule has 1 unspecified atom stereocenters. The fraction of sp³-hybridized carbons (Fsp3) is 0.273. The first kappa shape index (κ1) is 40.4. The summed E-state index contributed by atoms with van der Waals surface area (Å²) >= 11 is 0. The maximum Gasteiger partial charge on any atom is 0.407 e. The van der Waals surface area contributed by atoms with E-state index in [1.54, 1.807) is 89.1 Å². The normalized spacial score (nSPS) is 17.2. The van der Waals surface area contributed by atoms with Crippen LogP contribution < -0.4 is 5.32 Å². The highest BCUT2D eigenvalue weighted by Crippen LogP contribution is 2.37. The number of carboxylic acid groups (broad SMARTS) is 1. The van der Waals surface area contributed by atoms with Crippen molar-refractivity contribution in [3.8, 4) is 33.9 Å². The van der Waals surface area contributed by atoms with Crippen LogP contribution in [0.15, 0.2) is 104 Å². The number of nitrogens with zero attached hydrogens (tertiary/aromatic N) is 7. The Balaban J connectivity index is 0.951. The standard InChI is InChI=1S/C44H43FN10O6/c1-53(44(59)60)37(27-13-7-4-8-14-27)42(57)55-20-10-16-35(55)39-48-24-32(50-39)29-22-46-38(47-23-29)28-17-18-30(31(45)21-28)33-25-49-40(51-33)34-15-9-19-54(34)41(56)36(52-43(58)61-2)26-11-5-3-6-12-26/h3-8,11-14,17-18,21-25,34-37H,9-10,15-16,19-20H2,1-2H3,(H,48,50)(H,49,51)(H,52,58)(H,59,60)/t34?,35-,36-,37+/m0/s1. The second-order valence-electron chi connectivity index (χ2n) is 14.9. The van der Waals surface area contributed by atoms with Crippen molar-refractivity contribution in [1.29, 1.82) is 0 Å².